The molecule has 2 aromatic carbocycles. The zero-order valence-electron chi connectivity index (χ0n) is 18.0. The van der Waals surface area contributed by atoms with Crippen molar-refractivity contribution < 1.29 is 13.2 Å². The zero-order valence-corrected chi connectivity index (χ0v) is 18.8. The predicted octanol–water partition coefficient (Wildman–Crippen LogP) is 3.46. The zero-order chi connectivity index (χ0) is 21.7. The normalized spacial score (nSPS) is 15.5. The van der Waals surface area contributed by atoms with Gasteiger partial charge >= 0.3 is 0 Å². The summed E-state index contributed by atoms with van der Waals surface area (Å²) < 4.78 is 25.9. The minimum absolute atomic E-state index is 0.332. The second kappa shape index (κ2) is 9.51. The third-order valence-corrected chi connectivity index (χ3v) is 6.74. The lowest BCUT2D eigenvalue weighted by Gasteiger charge is -2.29. The molecule has 1 N–H and O–H groups in total. The Hall–Kier alpha value is -2.54. The van der Waals surface area contributed by atoms with E-state index in [0.717, 1.165) is 30.5 Å². The van der Waals surface area contributed by atoms with E-state index < -0.39 is 16.1 Å². The van der Waals surface area contributed by atoms with Gasteiger partial charge in [-0.3, -0.25) is 9.10 Å². The fourth-order valence-corrected chi connectivity index (χ4v) is 4.99. The first-order chi connectivity index (χ1) is 14.3. The third kappa shape index (κ3) is 5.53. The molecular weight excluding hydrogens is 398 g/mol. The molecule has 0 radical (unpaired) electrons. The molecule has 0 spiro atoms. The van der Waals surface area contributed by atoms with Crippen LogP contribution in [-0.4, -0.2) is 39.7 Å². The molecule has 0 bridgehead atoms. The van der Waals surface area contributed by atoms with Crippen LogP contribution in [0.5, 0.6) is 0 Å². The van der Waals surface area contributed by atoms with Crippen molar-refractivity contribution in [2.45, 2.75) is 45.7 Å². The molecule has 1 saturated heterocycles. The standard InChI is InChI=1S/C23H31N3O3S/c1-18-7-11-22(12-8-18)26(30(3,28)29)19(2)23(27)24-17-20-9-13-21(14-10-20)25-15-5-4-6-16-25/h7-14,19H,4-6,15-17H2,1-3H3,(H,24,27). The largest absolute Gasteiger partial charge is 0.372 e. The van der Waals surface area contributed by atoms with Crippen LogP contribution in [0, 0.1) is 6.92 Å². The van der Waals surface area contributed by atoms with E-state index in [1.807, 2.05) is 31.2 Å². The average Bonchev–Trinajstić information content (AvgIpc) is 2.73. The van der Waals surface area contributed by atoms with Gasteiger partial charge in [0.1, 0.15) is 6.04 Å². The van der Waals surface area contributed by atoms with E-state index >= 15 is 0 Å². The van der Waals surface area contributed by atoms with Gasteiger partial charge in [0.2, 0.25) is 15.9 Å². The Balaban J connectivity index is 1.64. The van der Waals surface area contributed by atoms with Gasteiger partial charge in [-0.2, -0.15) is 0 Å². The summed E-state index contributed by atoms with van der Waals surface area (Å²) in [5.41, 5.74) is 3.70. The molecule has 0 saturated carbocycles. The minimum Gasteiger partial charge on any atom is -0.372 e. The van der Waals surface area contributed by atoms with Crippen molar-refractivity contribution in [1.29, 1.82) is 0 Å². The van der Waals surface area contributed by atoms with Crippen molar-refractivity contribution in [2.24, 2.45) is 0 Å². The first-order valence-corrected chi connectivity index (χ1v) is 12.3. The van der Waals surface area contributed by atoms with Crippen LogP contribution in [-0.2, 0) is 21.4 Å². The fourth-order valence-electron chi connectivity index (χ4n) is 3.81. The molecule has 1 amide bonds. The molecule has 1 aliphatic rings. The highest BCUT2D eigenvalue weighted by molar-refractivity contribution is 7.92. The van der Waals surface area contributed by atoms with Crippen LogP contribution in [0.4, 0.5) is 11.4 Å². The van der Waals surface area contributed by atoms with Crippen LogP contribution in [0.2, 0.25) is 0 Å². The van der Waals surface area contributed by atoms with Gasteiger partial charge in [0.25, 0.3) is 0 Å². The summed E-state index contributed by atoms with van der Waals surface area (Å²) in [6.45, 7) is 6.08. The fraction of sp³-hybridized carbons (Fsp3) is 0.435. The number of nitrogens with zero attached hydrogens (tertiary/aromatic N) is 2. The van der Waals surface area contributed by atoms with E-state index in [4.69, 9.17) is 0 Å². The predicted molar refractivity (Wildman–Crippen MR) is 122 cm³/mol. The molecule has 30 heavy (non-hydrogen) atoms. The van der Waals surface area contributed by atoms with Gasteiger partial charge in [-0.15, -0.1) is 0 Å². The van der Waals surface area contributed by atoms with Crippen LogP contribution >= 0.6 is 0 Å². The van der Waals surface area contributed by atoms with Gasteiger partial charge in [-0.25, -0.2) is 8.42 Å². The number of carbonyl (C=O) groups excluding carboxylic acids is 1. The maximum Gasteiger partial charge on any atom is 0.243 e. The molecule has 1 atom stereocenters. The number of benzene rings is 2. The molecule has 1 heterocycles. The summed E-state index contributed by atoms with van der Waals surface area (Å²) >= 11 is 0. The van der Waals surface area contributed by atoms with Crippen molar-refractivity contribution in [2.75, 3.05) is 28.6 Å². The van der Waals surface area contributed by atoms with Crippen LogP contribution in [0.1, 0.15) is 37.3 Å². The van der Waals surface area contributed by atoms with Crippen molar-refractivity contribution >= 4 is 27.3 Å². The van der Waals surface area contributed by atoms with Gasteiger partial charge in [0, 0.05) is 25.3 Å². The van der Waals surface area contributed by atoms with Crippen LogP contribution in [0.25, 0.3) is 0 Å². The van der Waals surface area contributed by atoms with Gasteiger partial charge in [-0.1, -0.05) is 29.8 Å². The summed E-state index contributed by atoms with van der Waals surface area (Å²) in [4.78, 5) is 15.1. The SMILES string of the molecule is Cc1ccc(N(C(C)C(=O)NCc2ccc(N3CCCCC3)cc2)S(C)(=O)=O)cc1. The number of hydrogen-bond donors (Lipinski definition) is 1. The van der Waals surface area contributed by atoms with E-state index in [9.17, 15) is 13.2 Å². The van der Waals surface area contributed by atoms with Crippen molar-refractivity contribution in [3.05, 3.63) is 59.7 Å². The first-order valence-electron chi connectivity index (χ1n) is 10.4. The second-order valence-electron chi connectivity index (χ2n) is 8.00. The maximum atomic E-state index is 12.7. The molecule has 6 nitrogen and oxygen atoms in total. The molecule has 3 rings (SSSR count). The summed E-state index contributed by atoms with van der Waals surface area (Å²) in [5.74, 6) is -0.332. The molecule has 0 aromatic heterocycles. The number of nitrogens with one attached hydrogen (secondary N) is 1. The van der Waals surface area contributed by atoms with E-state index in [-0.39, 0.29) is 5.91 Å². The smallest absolute Gasteiger partial charge is 0.243 e. The molecule has 7 heteroatoms. The number of carbonyl (C=O) groups is 1. The van der Waals surface area contributed by atoms with E-state index in [2.05, 4.69) is 22.3 Å². The van der Waals surface area contributed by atoms with Gasteiger partial charge in [0.05, 0.1) is 11.9 Å². The van der Waals surface area contributed by atoms with Crippen LogP contribution in [0.15, 0.2) is 48.5 Å². The number of hydrogen-bond acceptors (Lipinski definition) is 4. The molecular formula is C23H31N3O3S. The average molecular weight is 430 g/mol. The number of amides is 1. The van der Waals surface area contributed by atoms with Crippen molar-refractivity contribution in [3.63, 3.8) is 0 Å². The van der Waals surface area contributed by atoms with Crippen molar-refractivity contribution in [1.82, 2.24) is 5.32 Å². The maximum absolute atomic E-state index is 12.7. The Kier molecular flexibility index (Phi) is 7.02. The third-order valence-electron chi connectivity index (χ3n) is 5.50. The first kappa shape index (κ1) is 22.2. The minimum atomic E-state index is -3.61. The van der Waals surface area contributed by atoms with E-state index in [0.29, 0.717) is 12.2 Å². The lowest BCUT2D eigenvalue weighted by atomic mass is 10.1. The molecule has 1 aliphatic heterocycles. The topological polar surface area (TPSA) is 69.7 Å². The molecule has 1 fully saturated rings. The molecule has 162 valence electrons. The molecule has 0 aliphatic carbocycles. The summed E-state index contributed by atoms with van der Waals surface area (Å²) in [6.07, 6.45) is 4.88. The van der Waals surface area contributed by atoms with Crippen LogP contribution in [0.3, 0.4) is 0 Å². The Morgan fingerprint density at radius 1 is 1.03 bits per heavy atom. The second-order valence-corrected chi connectivity index (χ2v) is 9.86. The Morgan fingerprint density at radius 2 is 1.63 bits per heavy atom. The van der Waals surface area contributed by atoms with Gasteiger partial charge < -0.3 is 10.2 Å². The monoisotopic (exact) mass is 429 g/mol. The summed E-state index contributed by atoms with van der Waals surface area (Å²) in [7, 11) is -3.61. The quantitative estimate of drug-likeness (QED) is 0.732. The number of sulfonamides is 1. The Morgan fingerprint density at radius 3 is 2.20 bits per heavy atom. The summed E-state index contributed by atoms with van der Waals surface area (Å²) in [5, 5.41) is 2.87. The van der Waals surface area contributed by atoms with Gasteiger partial charge in [0.15, 0.2) is 0 Å². The lowest BCUT2D eigenvalue weighted by Crippen LogP contribution is -2.47. The number of piperidine rings is 1. The van der Waals surface area contributed by atoms with E-state index in [1.165, 1.54) is 29.3 Å². The molecule has 2 aromatic rings. The van der Waals surface area contributed by atoms with E-state index in [1.54, 1.807) is 19.1 Å². The highest BCUT2D eigenvalue weighted by Gasteiger charge is 2.28. The highest BCUT2D eigenvalue weighted by Crippen LogP contribution is 2.22. The Labute approximate surface area is 179 Å². The number of aryl methyl sites for hydroxylation is 1. The molecule has 1 unspecified atom stereocenters. The lowest BCUT2D eigenvalue weighted by molar-refractivity contribution is -0.122. The Bertz CT molecular complexity index is 950. The van der Waals surface area contributed by atoms with Crippen LogP contribution < -0.4 is 14.5 Å². The number of rotatable bonds is 7. The van der Waals surface area contributed by atoms with Crippen molar-refractivity contribution in [3.8, 4) is 0 Å². The van der Waals surface area contributed by atoms with Gasteiger partial charge in [-0.05, 0) is 62.9 Å². The highest BCUT2D eigenvalue weighted by atomic mass is 32.2. The number of anilines is 2. The summed E-state index contributed by atoms with van der Waals surface area (Å²) in [6, 6.07) is 14.5.